The van der Waals surface area contributed by atoms with E-state index in [0.717, 1.165) is 6.54 Å². The SMILES string of the molecule is CNCC(C)(C)C(O)C(C)C. The van der Waals surface area contributed by atoms with Crippen LogP contribution in [-0.2, 0) is 0 Å². The molecule has 0 saturated heterocycles. The molecule has 0 amide bonds. The van der Waals surface area contributed by atoms with Crippen molar-refractivity contribution in [1.82, 2.24) is 5.32 Å². The first-order valence-electron chi connectivity index (χ1n) is 4.24. The van der Waals surface area contributed by atoms with Crippen LogP contribution in [0.15, 0.2) is 0 Å². The molecule has 0 aromatic carbocycles. The van der Waals surface area contributed by atoms with Gasteiger partial charge in [0, 0.05) is 12.0 Å². The maximum atomic E-state index is 9.75. The van der Waals surface area contributed by atoms with Gasteiger partial charge in [0.15, 0.2) is 0 Å². The number of nitrogens with one attached hydrogen (secondary N) is 1. The van der Waals surface area contributed by atoms with Gasteiger partial charge in [-0.2, -0.15) is 0 Å². The summed E-state index contributed by atoms with van der Waals surface area (Å²) >= 11 is 0. The molecule has 0 fully saturated rings. The van der Waals surface area contributed by atoms with Gasteiger partial charge < -0.3 is 10.4 Å². The van der Waals surface area contributed by atoms with Crippen molar-refractivity contribution in [3.63, 3.8) is 0 Å². The van der Waals surface area contributed by atoms with Gasteiger partial charge in [0.1, 0.15) is 0 Å². The van der Waals surface area contributed by atoms with Gasteiger partial charge in [-0.05, 0) is 13.0 Å². The van der Waals surface area contributed by atoms with Gasteiger partial charge >= 0.3 is 0 Å². The van der Waals surface area contributed by atoms with Crippen molar-refractivity contribution in [1.29, 1.82) is 0 Å². The maximum Gasteiger partial charge on any atom is 0.0626 e. The van der Waals surface area contributed by atoms with Crippen LogP contribution in [0, 0.1) is 11.3 Å². The maximum absolute atomic E-state index is 9.75. The van der Waals surface area contributed by atoms with Gasteiger partial charge in [-0.1, -0.05) is 27.7 Å². The second-order valence-corrected chi connectivity index (χ2v) is 4.21. The summed E-state index contributed by atoms with van der Waals surface area (Å²) in [6.07, 6.45) is -0.227. The van der Waals surface area contributed by atoms with Crippen molar-refractivity contribution in [2.75, 3.05) is 13.6 Å². The Morgan fingerprint density at radius 3 is 2.09 bits per heavy atom. The third-order valence-electron chi connectivity index (χ3n) is 2.06. The van der Waals surface area contributed by atoms with Crippen molar-refractivity contribution < 1.29 is 5.11 Å². The highest BCUT2D eigenvalue weighted by molar-refractivity contribution is 4.81. The van der Waals surface area contributed by atoms with E-state index in [1.54, 1.807) is 0 Å². The molecule has 11 heavy (non-hydrogen) atoms. The third-order valence-corrected chi connectivity index (χ3v) is 2.06. The summed E-state index contributed by atoms with van der Waals surface area (Å²) in [6, 6.07) is 0. The molecule has 1 atom stereocenters. The fourth-order valence-electron chi connectivity index (χ4n) is 1.46. The first-order valence-corrected chi connectivity index (χ1v) is 4.24. The Labute approximate surface area is 70.0 Å². The van der Waals surface area contributed by atoms with Crippen molar-refractivity contribution in [2.45, 2.75) is 33.8 Å². The minimum absolute atomic E-state index is 0.0249. The molecule has 0 aromatic rings. The number of hydrogen-bond donors (Lipinski definition) is 2. The predicted octanol–water partition coefficient (Wildman–Crippen LogP) is 1.25. The number of aliphatic hydroxyl groups is 1. The molecule has 1 unspecified atom stereocenters. The van der Waals surface area contributed by atoms with E-state index in [0.29, 0.717) is 5.92 Å². The van der Waals surface area contributed by atoms with Crippen LogP contribution in [0.1, 0.15) is 27.7 Å². The predicted molar refractivity (Wildman–Crippen MR) is 48.6 cm³/mol. The lowest BCUT2D eigenvalue weighted by Crippen LogP contribution is -2.40. The van der Waals surface area contributed by atoms with Crippen LogP contribution >= 0.6 is 0 Å². The van der Waals surface area contributed by atoms with Gasteiger partial charge in [-0.3, -0.25) is 0 Å². The van der Waals surface area contributed by atoms with Crippen molar-refractivity contribution in [3.05, 3.63) is 0 Å². The van der Waals surface area contributed by atoms with Crippen LogP contribution in [0.2, 0.25) is 0 Å². The standard InChI is InChI=1S/C9H21NO/c1-7(2)8(11)9(3,4)6-10-5/h7-8,10-11H,6H2,1-5H3. The monoisotopic (exact) mass is 159 g/mol. The molecule has 0 aliphatic carbocycles. The fraction of sp³-hybridized carbons (Fsp3) is 1.00. The molecular formula is C9H21NO. The number of rotatable bonds is 4. The lowest BCUT2D eigenvalue weighted by Gasteiger charge is -2.32. The smallest absolute Gasteiger partial charge is 0.0626 e. The topological polar surface area (TPSA) is 32.3 Å². The minimum atomic E-state index is -0.227. The summed E-state index contributed by atoms with van der Waals surface area (Å²) in [5.74, 6) is 0.332. The molecular weight excluding hydrogens is 138 g/mol. The summed E-state index contributed by atoms with van der Waals surface area (Å²) in [5, 5.41) is 12.8. The fourth-order valence-corrected chi connectivity index (χ4v) is 1.46. The highest BCUT2D eigenvalue weighted by Crippen LogP contribution is 2.24. The van der Waals surface area contributed by atoms with E-state index >= 15 is 0 Å². The molecule has 2 nitrogen and oxygen atoms in total. The van der Waals surface area contributed by atoms with Gasteiger partial charge in [0.25, 0.3) is 0 Å². The summed E-state index contributed by atoms with van der Waals surface area (Å²) in [4.78, 5) is 0. The third kappa shape index (κ3) is 3.21. The van der Waals surface area contributed by atoms with E-state index in [4.69, 9.17) is 0 Å². The van der Waals surface area contributed by atoms with Crippen molar-refractivity contribution in [2.24, 2.45) is 11.3 Å². The minimum Gasteiger partial charge on any atom is -0.392 e. The number of aliphatic hydroxyl groups excluding tert-OH is 1. The molecule has 0 spiro atoms. The van der Waals surface area contributed by atoms with E-state index in [-0.39, 0.29) is 11.5 Å². The van der Waals surface area contributed by atoms with Crippen LogP contribution in [-0.4, -0.2) is 24.8 Å². The highest BCUT2D eigenvalue weighted by atomic mass is 16.3. The van der Waals surface area contributed by atoms with Crippen molar-refractivity contribution >= 4 is 0 Å². The Bertz CT molecular complexity index is 110. The molecule has 2 N–H and O–H groups in total. The van der Waals surface area contributed by atoms with Crippen LogP contribution < -0.4 is 5.32 Å². The average Bonchev–Trinajstić information content (AvgIpc) is 1.86. The quantitative estimate of drug-likeness (QED) is 0.647. The highest BCUT2D eigenvalue weighted by Gasteiger charge is 2.28. The Kier molecular flexibility index (Phi) is 4.04. The van der Waals surface area contributed by atoms with E-state index in [1.165, 1.54) is 0 Å². The Balaban J connectivity index is 4.05. The molecule has 0 bridgehead atoms. The first kappa shape index (κ1) is 10.9. The summed E-state index contributed by atoms with van der Waals surface area (Å²) in [5.41, 5.74) is -0.0249. The van der Waals surface area contributed by atoms with E-state index < -0.39 is 0 Å². The molecule has 68 valence electrons. The first-order chi connectivity index (χ1) is 4.91. The molecule has 0 aliphatic heterocycles. The molecule has 0 heterocycles. The lowest BCUT2D eigenvalue weighted by atomic mass is 9.81. The Morgan fingerprint density at radius 1 is 1.36 bits per heavy atom. The van der Waals surface area contributed by atoms with Crippen LogP contribution in [0.5, 0.6) is 0 Å². The summed E-state index contributed by atoms with van der Waals surface area (Å²) in [7, 11) is 1.91. The second kappa shape index (κ2) is 4.07. The largest absolute Gasteiger partial charge is 0.392 e. The van der Waals surface area contributed by atoms with Crippen LogP contribution in [0.3, 0.4) is 0 Å². The molecule has 0 aliphatic rings. The molecule has 0 saturated carbocycles. The zero-order chi connectivity index (χ0) is 9.07. The zero-order valence-corrected chi connectivity index (χ0v) is 8.31. The van der Waals surface area contributed by atoms with Gasteiger partial charge in [-0.15, -0.1) is 0 Å². The summed E-state index contributed by atoms with van der Waals surface area (Å²) < 4.78 is 0. The Hall–Kier alpha value is -0.0800. The Morgan fingerprint density at radius 2 is 1.82 bits per heavy atom. The van der Waals surface area contributed by atoms with E-state index in [9.17, 15) is 5.11 Å². The van der Waals surface area contributed by atoms with Crippen molar-refractivity contribution in [3.8, 4) is 0 Å². The van der Waals surface area contributed by atoms with Crippen LogP contribution in [0.4, 0.5) is 0 Å². The van der Waals surface area contributed by atoms with Gasteiger partial charge in [0.2, 0.25) is 0 Å². The molecule has 2 heteroatoms. The average molecular weight is 159 g/mol. The lowest BCUT2D eigenvalue weighted by molar-refractivity contribution is 0.0147. The number of hydrogen-bond acceptors (Lipinski definition) is 2. The van der Waals surface area contributed by atoms with Crippen LogP contribution in [0.25, 0.3) is 0 Å². The zero-order valence-electron chi connectivity index (χ0n) is 8.31. The second-order valence-electron chi connectivity index (χ2n) is 4.21. The van der Waals surface area contributed by atoms with E-state index in [2.05, 4.69) is 19.2 Å². The molecule has 0 aromatic heterocycles. The van der Waals surface area contributed by atoms with Gasteiger partial charge in [0.05, 0.1) is 6.10 Å². The molecule has 0 rings (SSSR count). The normalized spacial score (nSPS) is 15.5. The van der Waals surface area contributed by atoms with Gasteiger partial charge in [-0.25, -0.2) is 0 Å². The van der Waals surface area contributed by atoms with E-state index in [1.807, 2.05) is 20.9 Å². The summed E-state index contributed by atoms with van der Waals surface area (Å²) in [6.45, 7) is 9.10. The molecule has 0 radical (unpaired) electrons.